The molecular weight excluding hydrogens is 295 g/mol. The molecular formula is C15H10Cl2N2O. The summed E-state index contributed by atoms with van der Waals surface area (Å²) in [7, 11) is 0. The minimum Gasteiger partial charge on any atom is -0.348 e. The highest BCUT2D eigenvalue weighted by molar-refractivity contribution is 6.36. The molecule has 0 fully saturated rings. The molecule has 0 saturated carbocycles. The maximum Gasteiger partial charge on any atom is 0.253 e. The molecule has 0 heterocycles. The molecule has 1 N–H and O–H groups in total. The monoisotopic (exact) mass is 304 g/mol. The van der Waals surface area contributed by atoms with Crippen molar-refractivity contribution in [1.29, 1.82) is 5.26 Å². The van der Waals surface area contributed by atoms with Gasteiger partial charge < -0.3 is 5.32 Å². The van der Waals surface area contributed by atoms with E-state index in [2.05, 4.69) is 5.32 Å². The quantitative estimate of drug-likeness (QED) is 0.938. The Balaban J connectivity index is 2.03. The standard InChI is InChI=1S/C15H10Cl2N2O/c16-12-5-6-13(14(17)7-12)15(20)19-9-11-3-1-10(8-18)2-4-11/h1-7H,9H2,(H,19,20). The van der Waals surface area contributed by atoms with Crippen molar-refractivity contribution in [2.24, 2.45) is 0 Å². The molecule has 0 aliphatic heterocycles. The second-order valence-electron chi connectivity index (χ2n) is 4.12. The first-order valence-corrected chi connectivity index (χ1v) is 6.58. The van der Waals surface area contributed by atoms with Gasteiger partial charge in [0.2, 0.25) is 0 Å². The van der Waals surface area contributed by atoms with E-state index in [-0.39, 0.29) is 5.91 Å². The lowest BCUT2D eigenvalue weighted by atomic mass is 10.1. The van der Waals surface area contributed by atoms with Crippen molar-refractivity contribution in [3.05, 3.63) is 69.2 Å². The highest BCUT2D eigenvalue weighted by Gasteiger charge is 2.10. The van der Waals surface area contributed by atoms with E-state index in [0.717, 1.165) is 5.56 Å². The van der Waals surface area contributed by atoms with Crippen molar-refractivity contribution in [3.8, 4) is 6.07 Å². The molecule has 2 aromatic rings. The van der Waals surface area contributed by atoms with Gasteiger partial charge in [0.25, 0.3) is 5.91 Å². The van der Waals surface area contributed by atoms with Crippen LogP contribution in [0.5, 0.6) is 0 Å². The Morgan fingerprint density at radius 1 is 1.15 bits per heavy atom. The number of amides is 1. The SMILES string of the molecule is N#Cc1ccc(CNC(=O)c2ccc(Cl)cc2Cl)cc1. The minimum atomic E-state index is -0.268. The summed E-state index contributed by atoms with van der Waals surface area (Å²) in [4.78, 5) is 12.0. The molecule has 2 rings (SSSR count). The van der Waals surface area contributed by atoms with E-state index in [1.165, 1.54) is 6.07 Å². The number of nitrogens with zero attached hydrogens (tertiary/aromatic N) is 1. The smallest absolute Gasteiger partial charge is 0.253 e. The normalized spacial score (nSPS) is 9.85. The van der Waals surface area contributed by atoms with Crippen LogP contribution >= 0.6 is 23.2 Å². The summed E-state index contributed by atoms with van der Waals surface area (Å²) < 4.78 is 0. The van der Waals surface area contributed by atoms with Gasteiger partial charge in [-0.2, -0.15) is 5.26 Å². The van der Waals surface area contributed by atoms with Crippen molar-refractivity contribution >= 4 is 29.1 Å². The average molecular weight is 305 g/mol. The summed E-state index contributed by atoms with van der Waals surface area (Å²) in [5, 5.41) is 12.3. The number of carbonyl (C=O) groups is 1. The summed E-state index contributed by atoms with van der Waals surface area (Å²) in [6.45, 7) is 0.365. The Morgan fingerprint density at radius 2 is 1.85 bits per heavy atom. The first-order valence-electron chi connectivity index (χ1n) is 5.82. The van der Waals surface area contributed by atoms with E-state index < -0.39 is 0 Å². The second kappa shape index (κ2) is 6.42. The zero-order chi connectivity index (χ0) is 14.5. The van der Waals surface area contributed by atoms with Crippen LogP contribution in [0, 0.1) is 11.3 Å². The molecule has 0 radical (unpaired) electrons. The van der Waals surface area contributed by atoms with Crippen LogP contribution in [-0.2, 0) is 6.54 Å². The highest BCUT2D eigenvalue weighted by Crippen LogP contribution is 2.20. The molecule has 20 heavy (non-hydrogen) atoms. The second-order valence-corrected chi connectivity index (χ2v) is 4.96. The predicted octanol–water partition coefficient (Wildman–Crippen LogP) is 3.80. The van der Waals surface area contributed by atoms with E-state index in [0.29, 0.717) is 27.7 Å². The zero-order valence-corrected chi connectivity index (χ0v) is 11.9. The van der Waals surface area contributed by atoms with Gasteiger partial charge >= 0.3 is 0 Å². The Labute approximate surface area is 126 Å². The van der Waals surface area contributed by atoms with Crippen LogP contribution in [0.15, 0.2) is 42.5 Å². The lowest BCUT2D eigenvalue weighted by Crippen LogP contribution is -2.23. The number of carbonyl (C=O) groups excluding carboxylic acids is 1. The van der Waals surface area contributed by atoms with Crippen LogP contribution in [-0.4, -0.2) is 5.91 Å². The molecule has 3 nitrogen and oxygen atoms in total. The van der Waals surface area contributed by atoms with Gasteiger partial charge in [-0.3, -0.25) is 4.79 Å². The van der Waals surface area contributed by atoms with Crippen LogP contribution in [0.3, 0.4) is 0 Å². The number of nitrogens with one attached hydrogen (secondary N) is 1. The number of nitriles is 1. The van der Waals surface area contributed by atoms with Gasteiger partial charge in [-0.1, -0.05) is 35.3 Å². The van der Waals surface area contributed by atoms with Crippen LogP contribution in [0.4, 0.5) is 0 Å². The molecule has 0 spiro atoms. The first kappa shape index (κ1) is 14.4. The van der Waals surface area contributed by atoms with Crippen LogP contribution < -0.4 is 5.32 Å². The van der Waals surface area contributed by atoms with E-state index in [9.17, 15) is 4.79 Å². The largest absolute Gasteiger partial charge is 0.348 e. The van der Waals surface area contributed by atoms with Crippen molar-refractivity contribution in [2.75, 3.05) is 0 Å². The van der Waals surface area contributed by atoms with Gasteiger partial charge in [-0.25, -0.2) is 0 Å². The molecule has 0 aliphatic rings. The summed E-state index contributed by atoms with van der Waals surface area (Å²) >= 11 is 11.7. The highest BCUT2D eigenvalue weighted by atomic mass is 35.5. The van der Waals surface area contributed by atoms with Crippen molar-refractivity contribution < 1.29 is 4.79 Å². The van der Waals surface area contributed by atoms with E-state index in [1.54, 1.807) is 36.4 Å². The number of hydrogen-bond acceptors (Lipinski definition) is 2. The Hall–Kier alpha value is -2.02. The number of rotatable bonds is 3. The fourth-order valence-electron chi connectivity index (χ4n) is 1.65. The van der Waals surface area contributed by atoms with Crippen molar-refractivity contribution in [3.63, 3.8) is 0 Å². The minimum absolute atomic E-state index is 0.268. The van der Waals surface area contributed by atoms with Crippen LogP contribution in [0.2, 0.25) is 10.0 Å². The third-order valence-electron chi connectivity index (χ3n) is 2.71. The van der Waals surface area contributed by atoms with E-state index in [1.807, 2.05) is 6.07 Å². The van der Waals surface area contributed by atoms with Gasteiger partial charge in [0, 0.05) is 11.6 Å². The van der Waals surface area contributed by atoms with Crippen LogP contribution in [0.1, 0.15) is 21.5 Å². The molecule has 0 aliphatic carbocycles. The lowest BCUT2D eigenvalue weighted by Gasteiger charge is -2.07. The van der Waals surface area contributed by atoms with Gasteiger partial charge in [-0.15, -0.1) is 0 Å². The first-order chi connectivity index (χ1) is 9.60. The van der Waals surface area contributed by atoms with Gasteiger partial charge in [0.1, 0.15) is 0 Å². The average Bonchev–Trinajstić information content (AvgIpc) is 2.45. The maximum atomic E-state index is 12.0. The molecule has 0 atom stereocenters. The molecule has 0 unspecified atom stereocenters. The molecule has 0 aromatic heterocycles. The number of hydrogen-bond donors (Lipinski definition) is 1. The summed E-state index contributed by atoms with van der Waals surface area (Å²) in [6, 6.07) is 13.8. The van der Waals surface area contributed by atoms with Gasteiger partial charge in [0.05, 0.1) is 22.2 Å². The summed E-state index contributed by atoms with van der Waals surface area (Å²) in [6.07, 6.45) is 0. The topological polar surface area (TPSA) is 52.9 Å². The Kier molecular flexibility index (Phi) is 4.62. The molecule has 0 saturated heterocycles. The molecule has 5 heteroatoms. The summed E-state index contributed by atoms with van der Waals surface area (Å²) in [5.41, 5.74) is 1.87. The fourth-order valence-corrected chi connectivity index (χ4v) is 2.14. The van der Waals surface area contributed by atoms with Gasteiger partial charge in [-0.05, 0) is 35.9 Å². The molecule has 2 aromatic carbocycles. The number of benzene rings is 2. The Bertz CT molecular complexity index is 675. The Morgan fingerprint density at radius 3 is 2.45 bits per heavy atom. The van der Waals surface area contributed by atoms with E-state index >= 15 is 0 Å². The van der Waals surface area contributed by atoms with Crippen molar-refractivity contribution in [1.82, 2.24) is 5.32 Å². The molecule has 100 valence electrons. The van der Waals surface area contributed by atoms with Crippen LogP contribution in [0.25, 0.3) is 0 Å². The predicted molar refractivity (Wildman–Crippen MR) is 78.8 cm³/mol. The van der Waals surface area contributed by atoms with Gasteiger partial charge in [0.15, 0.2) is 0 Å². The summed E-state index contributed by atoms with van der Waals surface area (Å²) in [5.74, 6) is -0.268. The lowest BCUT2D eigenvalue weighted by molar-refractivity contribution is 0.0951. The zero-order valence-electron chi connectivity index (χ0n) is 10.4. The van der Waals surface area contributed by atoms with E-state index in [4.69, 9.17) is 28.5 Å². The fraction of sp³-hybridized carbons (Fsp3) is 0.0667. The number of halogens is 2. The third-order valence-corrected chi connectivity index (χ3v) is 3.26. The molecule has 1 amide bonds. The maximum absolute atomic E-state index is 12.0. The third kappa shape index (κ3) is 3.51. The molecule has 0 bridgehead atoms. The van der Waals surface area contributed by atoms with Crippen molar-refractivity contribution in [2.45, 2.75) is 6.54 Å².